The molecule has 0 radical (unpaired) electrons. The minimum Gasteiger partial charge on any atom is -0.294 e. The zero-order valence-corrected chi connectivity index (χ0v) is 13.0. The Morgan fingerprint density at radius 3 is 2.43 bits per heavy atom. The van der Waals surface area contributed by atoms with Crippen LogP contribution in [0.1, 0.15) is 15.9 Å². The summed E-state index contributed by atoms with van der Waals surface area (Å²) in [5.74, 6) is 0.333. The molecular formula is C18H16N4O. The van der Waals surface area contributed by atoms with Crippen LogP contribution in [0.2, 0.25) is 0 Å². The first-order chi connectivity index (χ1) is 11.1. The molecule has 0 spiro atoms. The van der Waals surface area contributed by atoms with Crippen LogP contribution >= 0.6 is 0 Å². The molecular weight excluding hydrogens is 288 g/mol. The van der Waals surface area contributed by atoms with Crippen molar-refractivity contribution in [3.63, 3.8) is 0 Å². The molecule has 5 heteroatoms. The quantitative estimate of drug-likeness (QED) is 0.746. The highest BCUT2D eigenvalue weighted by molar-refractivity contribution is 6.05. The second kappa shape index (κ2) is 6.36. The maximum absolute atomic E-state index is 12.5. The third-order valence-corrected chi connectivity index (χ3v) is 3.49. The van der Waals surface area contributed by atoms with Crippen LogP contribution in [-0.4, -0.2) is 28.1 Å². The number of amides is 1. The molecule has 2 aromatic heterocycles. The summed E-state index contributed by atoms with van der Waals surface area (Å²) in [6.45, 7) is 1.90. The van der Waals surface area contributed by atoms with Crippen molar-refractivity contribution in [3.8, 4) is 11.3 Å². The van der Waals surface area contributed by atoms with E-state index in [1.165, 1.54) is 4.90 Å². The highest BCUT2D eigenvalue weighted by Crippen LogP contribution is 2.18. The van der Waals surface area contributed by atoms with Crippen molar-refractivity contribution < 1.29 is 4.79 Å². The minimum atomic E-state index is -0.164. The van der Waals surface area contributed by atoms with Crippen LogP contribution < -0.4 is 4.90 Å². The molecule has 0 saturated carbocycles. The molecule has 0 atom stereocenters. The van der Waals surface area contributed by atoms with Gasteiger partial charge in [0.05, 0.1) is 11.3 Å². The Kier molecular flexibility index (Phi) is 4.10. The molecule has 1 aromatic carbocycles. The molecule has 3 rings (SSSR count). The molecule has 114 valence electrons. The fourth-order valence-electron chi connectivity index (χ4n) is 2.24. The van der Waals surface area contributed by atoms with Gasteiger partial charge in [-0.25, -0.2) is 0 Å². The van der Waals surface area contributed by atoms with E-state index in [4.69, 9.17) is 0 Å². The molecule has 1 amide bonds. The van der Waals surface area contributed by atoms with Gasteiger partial charge < -0.3 is 0 Å². The molecule has 0 unspecified atom stereocenters. The summed E-state index contributed by atoms with van der Waals surface area (Å²) >= 11 is 0. The number of rotatable bonds is 3. The SMILES string of the molecule is Cc1cncc(C(=O)N(C)c2ccc(-c3ccccc3)nn2)c1. The van der Waals surface area contributed by atoms with E-state index in [-0.39, 0.29) is 5.91 Å². The summed E-state index contributed by atoms with van der Waals surface area (Å²) in [7, 11) is 1.68. The van der Waals surface area contributed by atoms with Crippen molar-refractivity contribution in [2.45, 2.75) is 6.92 Å². The van der Waals surface area contributed by atoms with E-state index in [1.807, 2.05) is 43.3 Å². The van der Waals surface area contributed by atoms with E-state index < -0.39 is 0 Å². The van der Waals surface area contributed by atoms with E-state index in [0.29, 0.717) is 11.4 Å². The molecule has 0 fully saturated rings. The molecule has 0 aliphatic carbocycles. The van der Waals surface area contributed by atoms with E-state index in [9.17, 15) is 4.79 Å². The van der Waals surface area contributed by atoms with Gasteiger partial charge in [0.2, 0.25) is 0 Å². The Labute approximate surface area is 134 Å². The standard InChI is InChI=1S/C18H16N4O/c1-13-10-15(12-19-11-13)18(23)22(2)17-9-8-16(20-21-17)14-6-4-3-5-7-14/h3-12H,1-2H3. The van der Waals surface area contributed by atoms with Crippen LogP contribution in [0.5, 0.6) is 0 Å². The summed E-state index contributed by atoms with van der Waals surface area (Å²) < 4.78 is 0. The first-order valence-corrected chi connectivity index (χ1v) is 7.24. The van der Waals surface area contributed by atoms with Gasteiger partial charge in [0, 0.05) is 25.0 Å². The Bertz CT molecular complexity index is 816. The summed E-state index contributed by atoms with van der Waals surface area (Å²) in [4.78, 5) is 18.0. The lowest BCUT2D eigenvalue weighted by atomic mass is 10.1. The van der Waals surface area contributed by atoms with Gasteiger partial charge in [-0.2, -0.15) is 0 Å². The number of anilines is 1. The molecule has 5 nitrogen and oxygen atoms in total. The van der Waals surface area contributed by atoms with Crippen molar-refractivity contribution in [2.24, 2.45) is 0 Å². The number of aryl methyl sites for hydroxylation is 1. The highest BCUT2D eigenvalue weighted by Gasteiger charge is 2.15. The highest BCUT2D eigenvalue weighted by atomic mass is 16.2. The zero-order chi connectivity index (χ0) is 16.2. The molecule has 0 aliphatic heterocycles. The van der Waals surface area contributed by atoms with Crippen molar-refractivity contribution >= 4 is 11.7 Å². The third kappa shape index (κ3) is 3.23. The van der Waals surface area contributed by atoms with E-state index in [2.05, 4.69) is 15.2 Å². The average Bonchev–Trinajstić information content (AvgIpc) is 2.61. The van der Waals surface area contributed by atoms with Crippen molar-refractivity contribution in [2.75, 3.05) is 11.9 Å². The maximum atomic E-state index is 12.5. The van der Waals surface area contributed by atoms with Gasteiger partial charge in [-0.15, -0.1) is 10.2 Å². The van der Waals surface area contributed by atoms with Gasteiger partial charge in [0.1, 0.15) is 0 Å². The van der Waals surface area contributed by atoms with E-state index in [0.717, 1.165) is 16.8 Å². The van der Waals surface area contributed by atoms with Crippen LogP contribution in [0.4, 0.5) is 5.82 Å². The Balaban J connectivity index is 1.83. The molecule has 0 bridgehead atoms. The first kappa shape index (κ1) is 14.8. The first-order valence-electron chi connectivity index (χ1n) is 7.24. The lowest BCUT2D eigenvalue weighted by Gasteiger charge is -2.15. The third-order valence-electron chi connectivity index (χ3n) is 3.49. The predicted octanol–water partition coefficient (Wildman–Crippen LogP) is 3.12. The number of carbonyl (C=O) groups excluding carboxylic acids is 1. The molecule has 2 heterocycles. The number of aromatic nitrogens is 3. The molecule has 23 heavy (non-hydrogen) atoms. The minimum absolute atomic E-state index is 0.164. The smallest absolute Gasteiger partial charge is 0.260 e. The number of hydrogen-bond acceptors (Lipinski definition) is 4. The lowest BCUT2D eigenvalue weighted by molar-refractivity contribution is 0.0991. The second-order valence-electron chi connectivity index (χ2n) is 5.26. The Morgan fingerprint density at radius 2 is 1.78 bits per heavy atom. The lowest BCUT2D eigenvalue weighted by Crippen LogP contribution is -2.27. The van der Waals surface area contributed by atoms with Crippen molar-refractivity contribution in [1.29, 1.82) is 0 Å². The Morgan fingerprint density at radius 1 is 1.00 bits per heavy atom. The number of pyridine rings is 1. The van der Waals surface area contributed by atoms with Crippen molar-refractivity contribution in [3.05, 3.63) is 72.1 Å². The van der Waals surface area contributed by atoms with Gasteiger partial charge >= 0.3 is 0 Å². The second-order valence-corrected chi connectivity index (χ2v) is 5.26. The van der Waals surface area contributed by atoms with Gasteiger partial charge in [-0.1, -0.05) is 30.3 Å². The van der Waals surface area contributed by atoms with Gasteiger partial charge in [0.25, 0.3) is 5.91 Å². The van der Waals surface area contributed by atoms with Gasteiger partial charge in [-0.3, -0.25) is 14.7 Å². The zero-order valence-electron chi connectivity index (χ0n) is 13.0. The molecule has 0 N–H and O–H groups in total. The van der Waals surface area contributed by atoms with E-state index in [1.54, 1.807) is 31.6 Å². The fourth-order valence-corrected chi connectivity index (χ4v) is 2.24. The summed E-state index contributed by atoms with van der Waals surface area (Å²) in [6.07, 6.45) is 3.27. The van der Waals surface area contributed by atoms with Crippen LogP contribution in [0.25, 0.3) is 11.3 Å². The largest absolute Gasteiger partial charge is 0.294 e. The summed E-state index contributed by atoms with van der Waals surface area (Å²) in [6, 6.07) is 15.2. The maximum Gasteiger partial charge on any atom is 0.260 e. The number of hydrogen-bond donors (Lipinski definition) is 0. The van der Waals surface area contributed by atoms with Gasteiger partial charge in [0.15, 0.2) is 5.82 Å². The summed E-state index contributed by atoms with van der Waals surface area (Å²) in [5, 5.41) is 8.36. The van der Waals surface area contributed by atoms with Crippen LogP contribution in [0, 0.1) is 6.92 Å². The molecule has 0 aliphatic rings. The van der Waals surface area contributed by atoms with Gasteiger partial charge in [-0.05, 0) is 30.7 Å². The average molecular weight is 304 g/mol. The monoisotopic (exact) mass is 304 g/mol. The fraction of sp³-hybridized carbons (Fsp3) is 0.111. The predicted molar refractivity (Wildman–Crippen MR) is 89.2 cm³/mol. The van der Waals surface area contributed by atoms with Crippen LogP contribution in [0.3, 0.4) is 0 Å². The van der Waals surface area contributed by atoms with Crippen molar-refractivity contribution in [1.82, 2.24) is 15.2 Å². The van der Waals surface area contributed by atoms with Crippen LogP contribution in [0.15, 0.2) is 60.9 Å². The number of nitrogens with zero attached hydrogens (tertiary/aromatic N) is 4. The Hall–Kier alpha value is -3.08. The van der Waals surface area contributed by atoms with Crippen LogP contribution in [-0.2, 0) is 0 Å². The van der Waals surface area contributed by atoms with E-state index >= 15 is 0 Å². The normalized spacial score (nSPS) is 10.3. The molecule has 0 saturated heterocycles. The number of carbonyl (C=O) groups is 1. The topological polar surface area (TPSA) is 59.0 Å². The molecule has 3 aromatic rings. The summed E-state index contributed by atoms with van der Waals surface area (Å²) in [5.41, 5.74) is 3.23. The number of benzene rings is 1.